The molecule has 1 aliphatic rings. The van der Waals surface area contributed by atoms with Gasteiger partial charge in [-0.05, 0) is 44.7 Å². The van der Waals surface area contributed by atoms with E-state index in [1.54, 1.807) is 12.3 Å². The molecule has 0 aliphatic heterocycles. The molecule has 1 aromatic rings. The monoisotopic (exact) mass is 235 g/mol. The average Bonchev–Trinajstić information content (AvgIpc) is 2.29. The van der Waals surface area contributed by atoms with Crippen molar-refractivity contribution in [3.05, 3.63) is 23.9 Å². The molecule has 0 saturated heterocycles. The zero-order chi connectivity index (χ0) is 12.3. The van der Waals surface area contributed by atoms with E-state index in [1.165, 1.54) is 12.5 Å². The first-order valence-electron chi connectivity index (χ1n) is 5.98. The second-order valence-corrected chi connectivity index (χ2v) is 4.77. The zero-order valence-corrected chi connectivity index (χ0v) is 9.98. The molecule has 1 heterocycles. The Morgan fingerprint density at radius 2 is 2.12 bits per heavy atom. The first-order valence-corrected chi connectivity index (χ1v) is 5.98. The standard InChI is InChI=1S/C13H17NO3/c1-13(7-3-2-4-8-13)17-11-10(12(15)16)6-5-9-14-11/h5-6,9H,2-4,7-8H2,1H3,(H,15,16). The molecule has 0 atom stereocenters. The molecule has 1 N–H and O–H groups in total. The largest absolute Gasteiger partial charge is 0.477 e. The van der Waals surface area contributed by atoms with Crippen molar-refractivity contribution in [1.82, 2.24) is 4.98 Å². The van der Waals surface area contributed by atoms with E-state index < -0.39 is 5.97 Å². The third kappa shape index (κ3) is 2.75. The van der Waals surface area contributed by atoms with Crippen LogP contribution in [0.3, 0.4) is 0 Å². The molecule has 0 unspecified atom stereocenters. The van der Waals surface area contributed by atoms with Gasteiger partial charge in [0.25, 0.3) is 0 Å². The fraction of sp³-hybridized carbons (Fsp3) is 0.538. The number of ether oxygens (including phenoxy) is 1. The summed E-state index contributed by atoms with van der Waals surface area (Å²) in [6.07, 6.45) is 6.98. The highest BCUT2D eigenvalue weighted by Crippen LogP contribution is 2.32. The molecule has 0 spiro atoms. The number of carboxylic acids is 1. The number of hydrogen-bond donors (Lipinski definition) is 1. The van der Waals surface area contributed by atoms with Crippen molar-refractivity contribution < 1.29 is 14.6 Å². The Morgan fingerprint density at radius 1 is 1.41 bits per heavy atom. The normalized spacial score (nSPS) is 18.6. The fourth-order valence-corrected chi connectivity index (χ4v) is 2.27. The first kappa shape index (κ1) is 11.9. The molecule has 1 fully saturated rings. The molecule has 0 amide bonds. The summed E-state index contributed by atoms with van der Waals surface area (Å²) >= 11 is 0. The quantitative estimate of drug-likeness (QED) is 0.875. The van der Waals surface area contributed by atoms with Crippen molar-refractivity contribution in [1.29, 1.82) is 0 Å². The summed E-state index contributed by atoms with van der Waals surface area (Å²) in [6, 6.07) is 3.14. The number of rotatable bonds is 3. The molecule has 92 valence electrons. The Hall–Kier alpha value is -1.58. The van der Waals surface area contributed by atoms with E-state index in [-0.39, 0.29) is 17.0 Å². The van der Waals surface area contributed by atoms with E-state index in [0.29, 0.717) is 0 Å². The molecule has 4 nitrogen and oxygen atoms in total. The van der Waals surface area contributed by atoms with Crippen LogP contribution in [0.1, 0.15) is 49.4 Å². The van der Waals surface area contributed by atoms with Gasteiger partial charge in [0.15, 0.2) is 0 Å². The van der Waals surface area contributed by atoms with Gasteiger partial charge in [0, 0.05) is 6.20 Å². The van der Waals surface area contributed by atoms with E-state index in [4.69, 9.17) is 9.84 Å². The minimum absolute atomic E-state index is 0.138. The summed E-state index contributed by atoms with van der Waals surface area (Å²) < 4.78 is 5.84. The maximum Gasteiger partial charge on any atom is 0.341 e. The molecule has 17 heavy (non-hydrogen) atoms. The summed E-state index contributed by atoms with van der Waals surface area (Å²) in [6.45, 7) is 2.03. The third-order valence-electron chi connectivity index (χ3n) is 3.26. The Morgan fingerprint density at radius 3 is 2.76 bits per heavy atom. The first-order chi connectivity index (χ1) is 8.11. The summed E-state index contributed by atoms with van der Waals surface area (Å²) in [5.74, 6) is -0.753. The van der Waals surface area contributed by atoms with Crippen LogP contribution in [0.4, 0.5) is 0 Å². The van der Waals surface area contributed by atoms with Crippen molar-refractivity contribution in [3.63, 3.8) is 0 Å². The van der Waals surface area contributed by atoms with E-state index in [1.807, 2.05) is 6.92 Å². The molecule has 0 radical (unpaired) electrons. The Labute approximate surface area is 101 Å². The van der Waals surface area contributed by atoms with E-state index >= 15 is 0 Å². The average molecular weight is 235 g/mol. The highest BCUT2D eigenvalue weighted by atomic mass is 16.5. The minimum Gasteiger partial charge on any atom is -0.477 e. The van der Waals surface area contributed by atoms with Crippen LogP contribution < -0.4 is 4.74 Å². The van der Waals surface area contributed by atoms with Gasteiger partial charge in [-0.1, -0.05) is 6.42 Å². The number of aromatic carboxylic acids is 1. The number of aromatic nitrogens is 1. The van der Waals surface area contributed by atoms with Crippen LogP contribution in [-0.2, 0) is 0 Å². The van der Waals surface area contributed by atoms with Crippen LogP contribution in [0, 0.1) is 0 Å². The molecule has 1 aliphatic carbocycles. The summed E-state index contributed by atoms with van der Waals surface area (Å²) in [4.78, 5) is 15.1. The van der Waals surface area contributed by atoms with E-state index in [9.17, 15) is 4.79 Å². The van der Waals surface area contributed by atoms with Gasteiger partial charge in [-0.2, -0.15) is 0 Å². The summed E-state index contributed by atoms with van der Waals surface area (Å²) in [5, 5.41) is 9.06. The van der Waals surface area contributed by atoms with Gasteiger partial charge in [-0.25, -0.2) is 9.78 Å². The molecule has 4 heteroatoms. The van der Waals surface area contributed by atoms with Gasteiger partial charge in [0.2, 0.25) is 5.88 Å². The van der Waals surface area contributed by atoms with E-state index in [2.05, 4.69) is 4.98 Å². The molecule has 2 rings (SSSR count). The smallest absolute Gasteiger partial charge is 0.341 e. The van der Waals surface area contributed by atoms with Crippen molar-refractivity contribution in [3.8, 4) is 5.88 Å². The molecule has 0 aromatic carbocycles. The van der Waals surface area contributed by atoms with Gasteiger partial charge >= 0.3 is 5.97 Å². The maximum absolute atomic E-state index is 11.0. The lowest BCUT2D eigenvalue weighted by atomic mass is 9.86. The maximum atomic E-state index is 11.0. The van der Waals surface area contributed by atoms with Crippen LogP contribution >= 0.6 is 0 Å². The third-order valence-corrected chi connectivity index (χ3v) is 3.26. The van der Waals surface area contributed by atoms with Gasteiger partial charge in [0.1, 0.15) is 11.2 Å². The van der Waals surface area contributed by atoms with Crippen molar-refractivity contribution in [2.45, 2.75) is 44.6 Å². The molecule has 0 bridgehead atoms. The lowest BCUT2D eigenvalue weighted by molar-refractivity contribution is 0.0410. The van der Waals surface area contributed by atoms with Crippen LogP contribution in [0.25, 0.3) is 0 Å². The summed E-state index contributed by atoms with van der Waals surface area (Å²) in [5.41, 5.74) is -0.129. The Balaban J connectivity index is 2.20. The van der Waals surface area contributed by atoms with Crippen LogP contribution in [-0.4, -0.2) is 21.7 Å². The summed E-state index contributed by atoms with van der Waals surface area (Å²) in [7, 11) is 0. The van der Waals surface area contributed by atoms with Gasteiger partial charge in [-0.3, -0.25) is 0 Å². The highest BCUT2D eigenvalue weighted by Gasteiger charge is 2.30. The zero-order valence-electron chi connectivity index (χ0n) is 9.98. The number of nitrogens with zero attached hydrogens (tertiary/aromatic N) is 1. The second-order valence-electron chi connectivity index (χ2n) is 4.77. The minimum atomic E-state index is -0.993. The Kier molecular flexibility index (Phi) is 3.31. The molecule has 1 saturated carbocycles. The molecular weight excluding hydrogens is 218 g/mol. The predicted molar refractivity (Wildman–Crippen MR) is 63.3 cm³/mol. The lowest BCUT2D eigenvalue weighted by Gasteiger charge is -2.33. The lowest BCUT2D eigenvalue weighted by Crippen LogP contribution is -2.35. The Bertz CT molecular complexity index is 411. The van der Waals surface area contributed by atoms with Gasteiger partial charge in [0.05, 0.1) is 0 Å². The number of pyridine rings is 1. The van der Waals surface area contributed by atoms with Gasteiger partial charge in [-0.15, -0.1) is 0 Å². The predicted octanol–water partition coefficient (Wildman–Crippen LogP) is 2.88. The van der Waals surface area contributed by atoms with Gasteiger partial charge < -0.3 is 9.84 Å². The van der Waals surface area contributed by atoms with E-state index in [0.717, 1.165) is 25.7 Å². The fourth-order valence-electron chi connectivity index (χ4n) is 2.27. The van der Waals surface area contributed by atoms with Crippen LogP contribution in [0.15, 0.2) is 18.3 Å². The van der Waals surface area contributed by atoms with Crippen molar-refractivity contribution in [2.24, 2.45) is 0 Å². The van der Waals surface area contributed by atoms with Crippen molar-refractivity contribution in [2.75, 3.05) is 0 Å². The SMILES string of the molecule is CC1(Oc2ncccc2C(=O)O)CCCCC1. The second kappa shape index (κ2) is 4.73. The molecular formula is C13H17NO3. The highest BCUT2D eigenvalue weighted by molar-refractivity contribution is 5.90. The molecule has 1 aromatic heterocycles. The number of hydrogen-bond acceptors (Lipinski definition) is 3. The number of carbonyl (C=O) groups is 1. The van der Waals surface area contributed by atoms with Crippen molar-refractivity contribution >= 4 is 5.97 Å². The van der Waals surface area contributed by atoms with Crippen LogP contribution in [0.2, 0.25) is 0 Å². The van der Waals surface area contributed by atoms with Crippen LogP contribution in [0.5, 0.6) is 5.88 Å². The topological polar surface area (TPSA) is 59.4 Å². The number of carboxylic acid groups (broad SMARTS) is 1.